The molecule has 2 aromatic heterocycles. The van der Waals surface area contributed by atoms with Crippen LogP contribution in [-0.2, 0) is 29.0 Å². The first kappa shape index (κ1) is 23.2. The number of hydrogen-bond donors (Lipinski definition) is 2. The predicted molar refractivity (Wildman–Crippen MR) is 124 cm³/mol. The van der Waals surface area contributed by atoms with Crippen LogP contribution in [-0.4, -0.2) is 37.1 Å². The molecule has 1 aromatic carbocycles. The molecule has 9 nitrogen and oxygen atoms in total. The maximum atomic E-state index is 12.4. The normalized spacial score (nSPS) is 14.6. The summed E-state index contributed by atoms with van der Waals surface area (Å²) in [7, 11) is 0. The van der Waals surface area contributed by atoms with E-state index >= 15 is 0 Å². The molecule has 2 atom stereocenters. The van der Waals surface area contributed by atoms with E-state index in [1.807, 2.05) is 19.1 Å². The van der Waals surface area contributed by atoms with Crippen LogP contribution in [0.15, 0.2) is 42.7 Å². The molecule has 0 radical (unpaired) electrons. The number of carbonyl (C=O) groups is 2. The molecule has 1 aliphatic heterocycles. The number of pyridine rings is 1. The van der Waals surface area contributed by atoms with E-state index in [1.54, 1.807) is 29.3 Å². The number of amides is 2. The Balaban J connectivity index is 1.52. The van der Waals surface area contributed by atoms with Crippen LogP contribution in [0.5, 0.6) is 0 Å². The van der Waals surface area contributed by atoms with Gasteiger partial charge in [-0.2, -0.15) is 0 Å². The lowest BCUT2D eigenvalue weighted by molar-refractivity contribution is -0.116. The summed E-state index contributed by atoms with van der Waals surface area (Å²) in [5, 5.41) is 3.73. The van der Waals surface area contributed by atoms with Crippen LogP contribution >= 0.6 is 11.3 Å². The Morgan fingerprint density at radius 1 is 1.21 bits per heavy atom. The quantitative estimate of drug-likeness (QED) is 0.495. The van der Waals surface area contributed by atoms with Gasteiger partial charge in [-0.25, -0.2) is 9.71 Å². The second-order valence-electron chi connectivity index (χ2n) is 7.60. The summed E-state index contributed by atoms with van der Waals surface area (Å²) < 4.78 is 25.5. The maximum Gasteiger partial charge on any atom is 0.270 e. The number of aryl methyl sites for hydroxylation is 1. The van der Waals surface area contributed by atoms with Crippen molar-refractivity contribution in [2.75, 3.05) is 11.4 Å². The molecule has 0 saturated heterocycles. The van der Waals surface area contributed by atoms with Crippen LogP contribution in [0, 0.1) is 6.92 Å². The van der Waals surface area contributed by atoms with E-state index in [0.717, 1.165) is 26.7 Å². The summed E-state index contributed by atoms with van der Waals surface area (Å²) in [6.07, 6.45) is 3.92. The lowest BCUT2D eigenvalue weighted by Crippen LogP contribution is -2.26. The van der Waals surface area contributed by atoms with E-state index in [4.69, 9.17) is 0 Å². The van der Waals surface area contributed by atoms with Gasteiger partial charge in [0.15, 0.2) is 0 Å². The number of benzene rings is 1. The van der Waals surface area contributed by atoms with Gasteiger partial charge in [0.1, 0.15) is 5.69 Å². The molecule has 11 heteroatoms. The molecule has 0 spiro atoms. The second-order valence-corrected chi connectivity index (χ2v) is 9.62. The summed E-state index contributed by atoms with van der Waals surface area (Å²) in [4.78, 5) is 35.3. The molecule has 1 aliphatic rings. The third-order valence-electron chi connectivity index (χ3n) is 5.37. The van der Waals surface area contributed by atoms with Crippen molar-refractivity contribution in [3.05, 3.63) is 75.0 Å². The van der Waals surface area contributed by atoms with E-state index in [2.05, 4.69) is 20.0 Å². The summed E-state index contributed by atoms with van der Waals surface area (Å²) in [6, 6.07) is 8.10. The van der Waals surface area contributed by atoms with Crippen molar-refractivity contribution >= 4 is 40.1 Å². The van der Waals surface area contributed by atoms with Gasteiger partial charge in [0.05, 0.1) is 17.6 Å². The van der Waals surface area contributed by atoms with Gasteiger partial charge in [-0.3, -0.25) is 18.8 Å². The molecule has 0 saturated carbocycles. The summed E-state index contributed by atoms with van der Waals surface area (Å²) in [5.74, 6) is -0.355. The fourth-order valence-electron chi connectivity index (χ4n) is 3.81. The monoisotopic (exact) mass is 484 g/mol. The smallest absolute Gasteiger partial charge is 0.270 e. The van der Waals surface area contributed by atoms with Gasteiger partial charge in [0.25, 0.3) is 5.91 Å². The highest BCUT2D eigenvalue weighted by molar-refractivity contribution is 7.77. The van der Waals surface area contributed by atoms with E-state index in [1.165, 1.54) is 24.5 Å². The van der Waals surface area contributed by atoms with Crippen LogP contribution in [0.1, 0.15) is 50.0 Å². The Labute approximate surface area is 197 Å². The van der Waals surface area contributed by atoms with Crippen molar-refractivity contribution in [3.8, 4) is 0 Å². The first-order valence-electron chi connectivity index (χ1n) is 10.2. The number of hydrogen-bond acceptors (Lipinski definition) is 7. The maximum absolute atomic E-state index is 12.4. The number of anilines is 1. The van der Waals surface area contributed by atoms with E-state index in [-0.39, 0.29) is 17.5 Å². The van der Waals surface area contributed by atoms with Crippen molar-refractivity contribution in [2.24, 2.45) is 0 Å². The number of thiazole rings is 1. The van der Waals surface area contributed by atoms with Crippen LogP contribution < -0.4 is 14.9 Å². The summed E-state index contributed by atoms with van der Waals surface area (Å²) >= 11 is -1.01. The Morgan fingerprint density at radius 3 is 2.64 bits per heavy atom. The number of nitrogens with one attached hydrogen (secondary N) is 2. The van der Waals surface area contributed by atoms with E-state index in [9.17, 15) is 18.4 Å². The van der Waals surface area contributed by atoms with Crippen molar-refractivity contribution in [3.63, 3.8) is 0 Å². The second kappa shape index (κ2) is 9.87. The highest BCUT2D eigenvalue weighted by atomic mass is 32.2. The third kappa shape index (κ3) is 5.33. The standard InChI is InChI=1S/C22H23N5O4S2/c1-13-23-11-18(32-13)12-25-22(29)19-5-3-17(10-24-19)21(26-33(30)31)16-4-6-20-15(9-16)7-8-27(20)14(2)28/h3-6,9-11,21,26H,7-8,12H2,1-2H3,(H,25,29)(H,30,31)/p-1. The van der Waals surface area contributed by atoms with Gasteiger partial charge in [-0.1, -0.05) is 18.2 Å². The van der Waals surface area contributed by atoms with E-state index < -0.39 is 17.3 Å². The first-order chi connectivity index (χ1) is 15.8. The fourth-order valence-corrected chi connectivity index (χ4v) is 5.01. The number of rotatable bonds is 7. The average molecular weight is 485 g/mol. The average Bonchev–Trinajstić information content (AvgIpc) is 3.41. The topological polar surface area (TPSA) is 127 Å². The van der Waals surface area contributed by atoms with Gasteiger partial charge < -0.3 is 14.8 Å². The van der Waals surface area contributed by atoms with Crippen molar-refractivity contribution < 1.29 is 18.4 Å². The molecule has 2 amide bonds. The molecule has 172 valence electrons. The van der Waals surface area contributed by atoms with E-state index in [0.29, 0.717) is 25.1 Å². The van der Waals surface area contributed by atoms with Gasteiger partial charge in [-0.15, -0.1) is 11.3 Å². The molecule has 33 heavy (non-hydrogen) atoms. The first-order valence-corrected chi connectivity index (χ1v) is 12.1. The van der Waals surface area contributed by atoms with Crippen molar-refractivity contribution in [1.82, 2.24) is 20.0 Å². The molecule has 0 bridgehead atoms. The third-order valence-corrected chi connectivity index (χ3v) is 6.71. The minimum atomic E-state index is -2.52. The Hall–Kier alpha value is -2.99. The SMILES string of the molecule is CC(=O)N1CCc2cc(C(NS(=O)[O-])c3ccc(C(=O)NCc4cnc(C)s4)nc3)ccc21. The van der Waals surface area contributed by atoms with Crippen LogP contribution in [0.25, 0.3) is 0 Å². The Kier molecular flexibility index (Phi) is 6.94. The summed E-state index contributed by atoms with van der Waals surface area (Å²) in [6.45, 7) is 4.39. The molecule has 2 unspecified atom stereocenters. The van der Waals surface area contributed by atoms with Crippen LogP contribution in [0.2, 0.25) is 0 Å². The molecule has 0 fully saturated rings. The summed E-state index contributed by atoms with van der Waals surface area (Å²) in [5.41, 5.74) is 3.37. The molecule has 4 rings (SSSR count). The zero-order valence-electron chi connectivity index (χ0n) is 18.0. The van der Waals surface area contributed by atoms with Crippen molar-refractivity contribution in [2.45, 2.75) is 32.9 Å². The van der Waals surface area contributed by atoms with Gasteiger partial charge in [0, 0.05) is 47.7 Å². The Morgan fingerprint density at radius 2 is 2.00 bits per heavy atom. The highest BCUT2D eigenvalue weighted by Gasteiger charge is 2.24. The zero-order chi connectivity index (χ0) is 23.5. The number of aromatic nitrogens is 2. The lowest BCUT2D eigenvalue weighted by Gasteiger charge is -2.22. The van der Waals surface area contributed by atoms with Gasteiger partial charge >= 0.3 is 0 Å². The zero-order valence-corrected chi connectivity index (χ0v) is 19.7. The molecule has 3 aromatic rings. The van der Waals surface area contributed by atoms with Gasteiger partial charge in [-0.05, 0) is 42.2 Å². The molecular weight excluding hydrogens is 462 g/mol. The molecule has 2 N–H and O–H groups in total. The minimum Gasteiger partial charge on any atom is -0.760 e. The van der Waals surface area contributed by atoms with Crippen LogP contribution in [0.3, 0.4) is 0 Å². The number of fused-ring (bicyclic) bond motifs is 1. The number of nitrogens with zero attached hydrogens (tertiary/aromatic N) is 3. The molecular formula is C22H22N5O4S2-. The number of carbonyl (C=O) groups excluding carboxylic acids is 2. The molecule has 3 heterocycles. The largest absolute Gasteiger partial charge is 0.760 e. The predicted octanol–water partition coefficient (Wildman–Crippen LogP) is 2.16. The van der Waals surface area contributed by atoms with Crippen LogP contribution in [0.4, 0.5) is 5.69 Å². The molecule has 0 aliphatic carbocycles. The van der Waals surface area contributed by atoms with Crippen molar-refractivity contribution in [1.29, 1.82) is 0 Å². The highest BCUT2D eigenvalue weighted by Crippen LogP contribution is 2.32. The fraction of sp³-hybridized carbons (Fsp3) is 0.273. The lowest BCUT2D eigenvalue weighted by atomic mass is 9.98. The Bertz CT molecular complexity index is 1210. The van der Waals surface area contributed by atoms with Gasteiger partial charge in [0.2, 0.25) is 5.91 Å². The minimum absolute atomic E-state index is 0.0274.